The SMILES string of the molecule is CCCN(C(=O)C(C)NC(=O)OC(C)(C)C)C(C(=O)Nc1ccc2ccccc2c1)c1ccc(C)cc1C. The summed E-state index contributed by atoms with van der Waals surface area (Å²) >= 11 is 0. The smallest absolute Gasteiger partial charge is 0.408 e. The van der Waals surface area contributed by atoms with Gasteiger partial charge in [0.2, 0.25) is 5.91 Å². The summed E-state index contributed by atoms with van der Waals surface area (Å²) in [7, 11) is 0. The first-order valence-corrected chi connectivity index (χ1v) is 13.1. The van der Waals surface area contributed by atoms with E-state index in [9.17, 15) is 14.4 Å². The summed E-state index contributed by atoms with van der Waals surface area (Å²) in [5.41, 5.74) is 2.66. The van der Waals surface area contributed by atoms with Gasteiger partial charge in [0.05, 0.1) is 0 Å². The molecule has 2 N–H and O–H groups in total. The van der Waals surface area contributed by atoms with Crippen molar-refractivity contribution in [3.63, 3.8) is 0 Å². The molecule has 0 radical (unpaired) electrons. The van der Waals surface area contributed by atoms with Crippen LogP contribution in [-0.4, -0.2) is 41.0 Å². The number of nitrogens with one attached hydrogen (secondary N) is 2. The highest BCUT2D eigenvalue weighted by Gasteiger charge is 2.35. The van der Waals surface area contributed by atoms with Crippen LogP contribution in [0.1, 0.15) is 63.8 Å². The van der Waals surface area contributed by atoms with Crippen molar-refractivity contribution in [2.45, 2.75) is 72.6 Å². The number of alkyl carbamates (subject to hydrolysis) is 1. The van der Waals surface area contributed by atoms with Gasteiger partial charge in [-0.15, -0.1) is 0 Å². The summed E-state index contributed by atoms with van der Waals surface area (Å²) < 4.78 is 5.34. The van der Waals surface area contributed by atoms with Crippen LogP contribution in [0, 0.1) is 13.8 Å². The molecule has 3 aromatic carbocycles. The Balaban J connectivity index is 1.97. The van der Waals surface area contributed by atoms with Crippen LogP contribution in [-0.2, 0) is 14.3 Å². The zero-order valence-corrected chi connectivity index (χ0v) is 23.4. The number of aryl methyl sites for hydroxylation is 2. The average Bonchev–Trinajstić information content (AvgIpc) is 2.83. The Kier molecular flexibility index (Phi) is 9.15. The quantitative estimate of drug-likeness (QED) is 0.368. The molecular weight excluding hydrogens is 478 g/mol. The Labute approximate surface area is 225 Å². The lowest BCUT2D eigenvalue weighted by atomic mass is 9.96. The van der Waals surface area contributed by atoms with Gasteiger partial charge in [0.25, 0.3) is 5.91 Å². The largest absolute Gasteiger partial charge is 0.444 e. The van der Waals surface area contributed by atoms with E-state index in [-0.39, 0.29) is 11.8 Å². The zero-order valence-electron chi connectivity index (χ0n) is 23.4. The monoisotopic (exact) mass is 517 g/mol. The maximum absolute atomic E-state index is 13.9. The lowest BCUT2D eigenvalue weighted by Crippen LogP contribution is -2.51. The minimum absolute atomic E-state index is 0.321. The third-order valence-corrected chi connectivity index (χ3v) is 6.15. The van der Waals surface area contributed by atoms with E-state index < -0.39 is 23.8 Å². The zero-order chi connectivity index (χ0) is 28.0. The van der Waals surface area contributed by atoms with Gasteiger partial charge in [-0.05, 0) is 82.0 Å². The number of carbonyl (C=O) groups excluding carboxylic acids is 3. The van der Waals surface area contributed by atoms with Crippen LogP contribution in [0.25, 0.3) is 10.8 Å². The molecule has 2 atom stereocenters. The Morgan fingerprint density at radius 3 is 2.26 bits per heavy atom. The Hall–Kier alpha value is -3.87. The lowest BCUT2D eigenvalue weighted by Gasteiger charge is -2.34. The van der Waals surface area contributed by atoms with Gasteiger partial charge in [-0.1, -0.05) is 61.0 Å². The Bertz CT molecular complexity index is 1310. The number of amides is 3. The predicted molar refractivity (Wildman–Crippen MR) is 152 cm³/mol. The van der Waals surface area contributed by atoms with E-state index in [4.69, 9.17) is 4.74 Å². The first-order chi connectivity index (χ1) is 17.9. The number of hydrogen-bond acceptors (Lipinski definition) is 4. The van der Waals surface area contributed by atoms with Gasteiger partial charge in [0, 0.05) is 12.2 Å². The van der Waals surface area contributed by atoms with Crippen LogP contribution < -0.4 is 10.6 Å². The van der Waals surface area contributed by atoms with E-state index in [0.29, 0.717) is 18.7 Å². The molecule has 3 aromatic rings. The fourth-order valence-electron chi connectivity index (χ4n) is 4.46. The first kappa shape index (κ1) is 28.7. The molecule has 7 heteroatoms. The first-order valence-electron chi connectivity index (χ1n) is 13.1. The molecule has 0 aliphatic rings. The van der Waals surface area contributed by atoms with E-state index in [1.165, 1.54) is 0 Å². The number of benzene rings is 3. The number of carbonyl (C=O) groups is 3. The maximum atomic E-state index is 13.9. The van der Waals surface area contributed by atoms with Gasteiger partial charge in [-0.25, -0.2) is 4.79 Å². The molecule has 202 valence electrons. The number of fused-ring (bicyclic) bond motifs is 1. The van der Waals surface area contributed by atoms with Crippen LogP contribution in [0.3, 0.4) is 0 Å². The third kappa shape index (κ3) is 7.34. The molecule has 2 unspecified atom stereocenters. The molecule has 0 spiro atoms. The second kappa shape index (κ2) is 12.1. The lowest BCUT2D eigenvalue weighted by molar-refractivity contribution is -0.140. The van der Waals surface area contributed by atoms with Gasteiger partial charge in [-0.3, -0.25) is 9.59 Å². The van der Waals surface area contributed by atoms with Crippen molar-refractivity contribution in [1.82, 2.24) is 10.2 Å². The van der Waals surface area contributed by atoms with Crippen molar-refractivity contribution in [1.29, 1.82) is 0 Å². The number of anilines is 1. The van der Waals surface area contributed by atoms with E-state index in [2.05, 4.69) is 10.6 Å². The van der Waals surface area contributed by atoms with Gasteiger partial charge in [0.15, 0.2) is 0 Å². The number of ether oxygens (including phenoxy) is 1. The molecule has 3 rings (SSSR count). The van der Waals surface area contributed by atoms with Gasteiger partial charge in [-0.2, -0.15) is 0 Å². The second-order valence-corrected chi connectivity index (χ2v) is 10.7. The topological polar surface area (TPSA) is 87.7 Å². The maximum Gasteiger partial charge on any atom is 0.408 e. The summed E-state index contributed by atoms with van der Waals surface area (Å²) in [4.78, 5) is 41.6. The van der Waals surface area contributed by atoms with Crippen molar-refractivity contribution in [3.8, 4) is 0 Å². The van der Waals surface area contributed by atoms with Crippen molar-refractivity contribution in [2.24, 2.45) is 0 Å². The Morgan fingerprint density at radius 2 is 1.63 bits per heavy atom. The number of hydrogen-bond donors (Lipinski definition) is 2. The molecule has 0 heterocycles. The molecule has 0 aliphatic carbocycles. The molecule has 0 fully saturated rings. The van der Waals surface area contributed by atoms with Crippen molar-refractivity contribution in [3.05, 3.63) is 77.4 Å². The van der Waals surface area contributed by atoms with Crippen molar-refractivity contribution in [2.75, 3.05) is 11.9 Å². The summed E-state index contributed by atoms with van der Waals surface area (Å²) in [6, 6.07) is 17.7. The van der Waals surface area contributed by atoms with Crippen LogP contribution in [0.2, 0.25) is 0 Å². The number of nitrogens with zero attached hydrogens (tertiary/aromatic N) is 1. The molecule has 7 nitrogen and oxygen atoms in total. The highest BCUT2D eigenvalue weighted by atomic mass is 16.6. The Morgan fingerprint density at radius 1 is 0.947 bits per heavy atom. The van der Waals surface area contributed by atoms with E-state index in [1.807, 2.05) is 81.4 Å². The highest BCUT2D eigenvalue weighted by Crippen LogP contribution is 2.29. The molecule has 0 saturated carbocycles. The molecule has 0 bridgehead atoms. The average molecular weight is 518 g/mol. The van der Waals surface area contributed by atoms with Crippen molar-refractivity contribution >= 4 is 34.4 Å². The van der Waals surface area contributed by atoms with E-state index >= 15 is 0 Å². The molecule has 3 amide bonds. The van der Waals surface area contributed by atoms with Crippen molar-refractivity contribution < 1.29 is 19.1 Å². The van der Waals surface area contributed by atoms with Gasteiger partial charge in [0.1, 0.15) is 17.7 Å². The molecule has 0 aliphatic heterocycles. The van der Waals surface area contributed by atoms with Crippen LogP contribution in [0.5, 0.6) is 0 Å². The third-order valence-electron chi connectivity index (χ3n) is 6.15. The van der Waals surface area contributed by atoms with Crippen LogP contribution >= 0.6 is 0 Å². The number of rotatable bonds is 8. The summed E-state index contributed by atoms with van der Waals surface area (Å²) in [5.74, 6) is -0.685. The minimum atomic E-state index is -0.891. The van der Waals surface area contributed by atoms with Gasteiger partial charge >= 0.3 is 6.09 Å². The van der Waals surface area contributed by atoms with E-state index in [1.54, 1.807) is 32.6 Å². The summed E-state index contributed by atoms with van der Waals surface area (Å²) in [6.45, 7) is 13.1. The molecular formula is C31H39N3O4. The van der Waals surface area contributed by atoms with Gasteiger partial charge < -0.3 is 20.3 Å². The predicted octanol–water partition coefficient (Wildman–Crippen LogP) is 6.29. The normalized spacial score (nSPS) is 12.9. The summed E-state index contributed by atoms with van der Waals surface area (Å²) in [6.07, 6.45) is -0.0475. The molecule has 0 aromatic heterocycles. The molecule has 38 heavy (non-hydrogen) atoms. The van der Waals surface area contributed by atoms with E-state index in [0.717, 1.165) is 27.5 Å². The van der Waals surface area contributed by atoms with Crippen LogP contribution in [0.15, 0.2) is 60.7 Å². The standard InChI is InChI=1S/C31H39N3O4/c1-8-17-34(29(36)22(4)32-30(37)38-31(5,6)7)27(26-16-13-20(2)18-21(26)3)28(35)33-25-15-14-23-11-9-10-12-24(23)19-25/h9-16,18-19,22,27H,8,17H2,1-7H3,(H,32,37)(H,33,35). The minimum Gasteiger partial charge on any atom is -0.444 e. The fourth-order valence-corrected chi connectivity index (χ4v) is 4.46. The second-order valence-electron chi connectivity index (χ2n) is 10.7. The van der Waals surface area contributed by atoms with Crippen LogP contribution in [0.4, 0.5) is 10.5 Å². The fraction of sp³-hybridized carbons (Fsp3) is 0.387. The highest BCUT2D eigenvalue weighted by molar-refractivity contribution is 6.00. The molecule has 0 saturated heterocycles. The summed E-state index contributed by atoms with van der Waals surface area (Å²) in [5, 5.41) is 7.74.